The molecule has 10 nitrogen and oxygen atoms in total. The highest BCUT2D eigenvalue weighted by Crippen LogP contribution is 2.43. The Morgan fingerprint density at radius 3 is 2.21 bits per heavy atom. The smallest absolute Gasteiger partial charge is 0.336 e. The third-order valence-corrected chi connectivity index (χ3v) is 7.68. The van der Waals surface area contributed by atoms with Gasteiger partial charge in [0.25, 0.3) is 0 Å². The second-order valence-electron chi connectivity index (χ2n) is 9.81. The van der Waals surface area contributed by atoms with E-state index in [9.17, 15) is 18.9 Å². The average molecular weight is 601 g/mol. The van der Waals surface area contributed by atoms with Crippen molar-refractivity contribution in [1.29, 1.82) is 0 Å². The topological polar surface area (TPSA) is 132 Å². The lowest BCUT2D eigenvalue weighted by atomic mass is 9.80. The Balaban J connectivity index is 1.68. The van der Waals surface area contributed by atoms with Gasteiger partial charge in [-0.25, -0.2) is 9.59 Å². The Labute approximate surface area is 249 Å². The van der Waals surface area contributed by atoms with Gasteiger partial charge in [-0.15, -0.1) is 0 Å². The fourth-order valence-corrected chi connectivity index (χ4v) is 5.25. The van der Waals surface area contributed by atoms with Gasteiger partial charge in [0.15, 0.2) is 0 Å². The minimum Gasteiger partial charge on any atom is -0.493 e. The van der Waals surface area contributed by atoms with Crippen molar-refractivity contribution < 1.29 is 37.9 Å². The Hall–Kier alpha value is -3.67. The van der Waals surface area contributed by atoms with Gasteiger partial charge in [-0.3, -0.25) is 4.21 Å². The number of methoxy groups -OCH3 is 2. The van der Waals surface area contributed by atoms with Crippen LogP contribution in [0.1, 0.15) is 38.2 Å². The number of carbonyl (C=O) groups excluding carboxylic acids is 2. The van der Waals surface area contributed by atoms with E-state index in [4.69, 9.17) is 18.9 Å². The predicted octanol–water partition coefficient (Wildman–Crippen LogP) is 3.19. The molecule has 0 saturated heterocycles. The molecule has 42 heavy (non-hydrogen) atoms. The summed E-state index contributed by atoms with van der Waals surface area (Å²) in [5, 5.41) is 16.5. The van der Waals surface area contributed by atoms with Gasteiger partial charge in [-0.2, -0.15) is 0 Å². The van der Waals surface area contributed by atoms with E-state index in [1.807, 2.05) is 30.3 Å². The molecule has 0 saturated carbocycles. The zero-order chi connectivity index (χ0) is 30.6. The van der Waals surface area contributed by atoms with Crippen LogP contribution < -0.4 is 20.1 Å². The van der Waals surface area contributed by atoms with Gasteiger partial charge in [-0.05, 0) is 63.6 Å². The molecule has 1 aliphatic rings. The number of carbonyl (C=O) groups is 2. The number of dihydropyridines is 1. The molecule has 1 heterocycles. The molecular weight excluding hydrogens is 560 g/mol. The molecule has 0 amide bonds. The van der Waals surface area contributed by atoms with E-state index < -0.39 is 34.8 Å². The summed E-state index contributed by atoms with van der Waals surface area (Å²) in [5.41, 5.74) is 2.07. The van der Waals surface area contributed by atoms with E-state index in [0.717, 1.165) is 6.42 Å². The maximum absolute atomic E-state index is 12.9. The zero-order valence-electron chi connectivity index (χ0n) is 24.7. The lowest BCUT2D eigenvalue weighted by Crippen LogP contribution is -2.32. The SMILES string of the molecule is COC(=O)C1=C(C)NC(C)=C(C(=O)OC)C1c1cc(S(C)=O)ccc1OCCCCNCC(O)COc1ccccc1. The van der Waals surface area contributed by atoms with Crippen molar-refractivity contribution in [3.8, 4) is 11.5 Å². The normalized spacial score (nSPS) is 15.1. The second kappa shape index (κ2) is 16.1. The first-order chi connectivity index (χ1) is 20.2. The molecule has 0 bridgehead atoms. The van der Waals surface area contributed by atoms with Crippen LogP contribution in [0, 0.1) is 0 Å². The standard InChI is InChI=1S/C31H40N2O8S/c1-20-27(30(35)38-3)29(28(21(2)33-20)31(36)39-4)25-17-24(42(5)37)13-14-26(25)40-16-10-9-15-32-18-22(34)19-41-23-11-7-6-8-12-23/h6-8,11-14,17,22,29,32-34H,9-10,15-16,18-19H2,1-5H3. The van der Waals surface area contributed by atoms with Crippen LogP contribution in [0.4, 0.5) is 0 Å². The molecule has 0 aromatic heterocycles. The third-order valence-electron chi connectivity index (χ3n) is 6.77. The summed E-state index contributed by atoms with van der Waals surface area (Å²) >= 11 is 0. The highest BCUT2D eigenvalue weighted by Gasteiger charge is 2.39. The monoisotopic (exact) mass is 600 g/mol. The average Bonchev–Trinajstić information content (AvgIpc) is 2.99. The summed E-state index contributed by atoms with van der Waals surface area (Å²) in [4.78, 5) is 26.4. The molecular formula is C31H40N2O8S. The Bertz CT molecular complexity index is 1290. The Morgan fingerprint density at radius 2 is 1.62 bits per heavy atom. The summed E-state index contributed by atoms with van der Waals surface area (Å²) < 4.78 is 34.3. The minimum atomic E-state index is -1.32. The van der Waals surface area contributed by atoms with Crippen molar-refractivity contribution in [2.24, 2.45) is 0 Å². The second-order valence-corrected chi connectivity index (χ2v) is 11.2. The molecule has 11 heteroatoms. The number of para-hydroxylation sites is 1. The van der Waals surface area contributed by atoms with Crippen LogP contribution in [-0.4, -0.2) is 74.1 Å². The van der Waals surface area contributed by atoms with Crippen molar-refractivity contribution in [3.63, 3.8) is 0 Å². The predicted molar refractivity (Wildman–Crippen MR) is 160 cm³/mol. The van der Waals surface area contributed by atoms with Crippen LogP contribution in [0.5, 0.6) is 11.5 Å². The first-order valence-corrected chi connectivity index (χ1v) is 15.3. The zero-order valence-corrected chi connectivity index (χ0v) is 25.5. The van der Waals surface area contributed by atoms with Crippen LogP contribution in [0.2, 0.25) is 0 Å². The van der Waals surface area contributed by atoms with E-state index >= 15 is 0 Å². The van der Waals surface area contributed by atoms with Crippen molar-refractivity contribution in [2.45, 2.75) is 43.6 Å². The molecule has 3 rings (SSSR count). The molecule has 0 aliphatic carbocycles. The van der Waals surface area contributed by atoms with Gasteiger partial charge in [0.05, 0.1) is 37.9 Å². The summed E-state index contributed by atoms with van der Waals surface area (Å²) in [6.07, 6.45) is 2.40. The van der Waals surface area contributed by atoms with Crippen molar-refractivity contribution in [2.75, 3.05) is 46.8 Å². The number of esters is 2. The Morgan fingerprint density at radius 1 is 0.976 bits per heavy atom. The number of hydrogen-bond acceptors (Lipinski definition) is 10. The number of nitrogens with one attached hydrogen (secondary N) is 2. The molecule has 228 valence electrons. The number of rotatable bonds is 15. The molecule has 2 aromatic rings. The maximum atomic E-state index is 12.9. The van der Waals surface area contributed by atoms with E-state index in [-0.39, 0.29) is 17.8 Å². The quantitative estimate of drug-likeness (QED) is 0.207. The van der Waals surface area contributed by atoms with E-state index in [1.54, 1.807) is 38.3 Å². The summed E-state index contributed by atoms with van der Waals surface area (Å²) in [6.45, 7) is 5.09. The van der Waals surface area contributed by atoms with Gasteiger partial charge >= 0.3 is 11.9 Å². The summed E-state index contributed by atoms with van der Waals surface area (Å²) in [7, 11) is 1.24. The molecule has 2 unspecified atom stereocenters. The van der Waals surface area contributed by atoms with Gasteiger partial charge < -0.3 is 34.7 Å². The molecule has 3 N–H and O–H groups in total. The van der Waals surface area contributed by atoms with Crippen LogP contribution >= 0.6 is 0 Å². The molecule has 1 aliphatic heterocycles. The lowest BCUT2D eigenvalue weighted by Gasteiger charge is -2.31. The van der Waals surface area contributed by atoms with Gasteiger partial charge in [-0.1, -0.05) is 18.2 Å². The van der Waals surface area contributed by atoms with Crippen molar-refractivity contribution in [3.05, 3.63) is 76.6 Å². The number of ether oxygens (including phenoxy) is 4. The first kappa shape index (κ1) is 32.8. The van der Waals surface area contributed by atoms with Crippen LogP contribution in [0.15, 0.2) is 76.0 Å². The number of aliphatic hydroxyl groups excluding tert-OH is 1. The number of hydrogen-bond donors (Lipinski definition) is 3. The molecule has 0 fully saturated rings. The minimum absolute atomic E-state index is 0.196. The van der Waals surface area contributed by atoms with Crippen molar-refractivity contribution >= 4 is 22.7 Å². The van der Waals surface area contributed by atoms with Crippen molar-refractivity contribution in [1.82, 2.24) is 10.6 Å². The van der Waals surface area contributed by atoms with E-state index in [0.29, 0.717) is 59.5 Å². The molecule has 0 spiro atoms. The van der Waals surface area contributed by atoms with Gasteiger partial charge in [0.2, 0.25) is 0 Å². The molecule has 2 aromatic carbocycles. The fourth-order valence-electron chi connectivity index (χ4n) is 4.70. The fraction of sp³-hybridized carbons (Fsp3) is 0.419. The summed E-state index contributed by atoms with van der Waals surface area (Å²) in [5.74, 6) is -0.887. The van der Waals surface area contributed by atoms with Crippen LogP contribution in [0.3, 0.4) is 0 Å². The third kappa shape index (κ3) is 8.67. The number of allylic oxidation sites excluding steroid dienone is 2. The maximum Gasteiger partial charge on any atom is 0.336 e. The Kier molecular flexibility index (Phi) is 12.6. The first-order valence-electron chi connectivity index (χ1n) is 13.7. The number of unbranched alkanes of at least 4 members (excludes halogenated alkanes) is 1. The number of aliphatic hydroxyl groups is 1. The molecule has 2 atom stereocenters. The van der Waals surface area contributed by atoms with E-state index in [2.05, 4.69) is 10.6 Å². The number of benzene rings is 2. The summed E-state index contributed by atoms with van der Waals surface area (Å²) in [6, 6.07) is 14.5. The van der Waals surface area contributed by atoms with Crippen LogP contribution in [-0.2, 0) is 29.9 Å². The van der Waals surface area contributed by atoms with Gasteiger partial charge in [0, 0.05) is 45.5 Å². The largest absolute Gasteiger partial charge is 0.493 e. The highest BCUT2D eigenvalue weighted by atomic mass is 32.2. The molecule has 0 radical (unpaired) electrons. The lowest BCUT2D eigenvalue weighted by molar-refractivity contribution is -0.137. The highest BCUT2D eigenvalue weighted by molar-refractivity contribution is 7.84. The van der Waals surface area contributed by atoms with Crippen LogP contribution in [0.25, 0.3) is 0 Å². The van der Waals surface area contributed by atoms with E-state index in [1.165, 1.54) is 14.2 Å². The van der Waals surface area contributed by atoms with Gasteiger partial charge in [0.1, 0.15) is 24.2 Å².